The summed E-state index contributed by atoms with van der Waals surface area (Å²) in [7, 11) is 1.59. The van der Waals surface area contributed by atoms with E-state index in [9.17, 15) is 9.59 Å². The molecule has 2 aromatic carbocycles. The maximum Gasteiger partial charge on any atom is 0.261 e. The minimum absolute atomic E-state index is 0.227. The Morgan fingerprint density at radius 1 is 1.17 bits per heavy atom. The minimum atomic E-state index is -0.646. The number of amides is 1. The third-order valence-electron chi connectivity index (χ3n) is 3.34. The normalized spacial score (nSPS) is 11.4. The summed E-state index contributed by atoms with van der Waals surface area (Å²) in [6, 6.07) is 14.1. The first-order chi connectivity index (χ1) is 11.1. The van der Waals surface area contributed by atoms with E-state index in [0.29, 0.717) is 17.9 Å². The second kappa shape index (κ2) is 7.98. The third kappa shape index (κ3) is 4.57. The zero-order chi connectivity index (χ0) is 16.7. The summed E-state index contributed by atoms with van der Waals surface area (Å²) in [6.45, 7) is 2.03. The molecule has 1 atom stereocenters. The van der Waals surface area contributed by atoms with E-state index in [2.05, 4.69) is 5.32 Å². The van der Waals surface area contributed by atoms with Crippen molar-refractivity contribution in [3.05, 3.63) is 59.7 Å². The number of carbonyl (C=O) groups is 2. The number of ether oxygens (including phenoxy) is 2. The molecule has 0 saturated heterocycles. The average molecular weight is 313 g/mol. The third-order valence-corrected chi connectivity index (χ3v) is 3.34. The molecule has 0 heterocycles. The number of nitrogens with one attached hydrogen (secondary N) is 1. The van der Waals surface area contributed by atoms with Gasteiger partial charge in [0, 0.05) is 17.7 Å². The van der Waals surface area contributed by atoms with Crippen LogP contribution in [0.5, 0.6) is 11.5 Å². The van der Waals surface area contributed by atoms with Gasteiger partial charge in [0.2, 0.25) is 0 Å². The first-order valence-corrected chi connectivity index (χ1v) is 7.25. The van der Waals surface area contributed by atoms with Gasteiger partial charge < -0.3 is 14.8 Å². The van der Waals surface area contributed by atoms with Crippen molar-refractivity contribution in [3.8, 4) is 11.5 Å². The van der Waals surface area contributed by atoms with Gasteiger partial charge in [-0.15, -0.1) is 0 Å². The summed E-state index contributed by atoms with van der Waals surface area (Å²) in [5.41, 5.74) is 1.46. The molecule has 0 aliphatic rings. The molecule has 1 amide bonds. The van der Waals surface area contributed by atoms with Crippen molar-refractivity contribution < 1.29 is 19.1 Å². The van der Waals surface area contributed by atoms with Crippen LogP contribution in [0.2, 0.25) is 0 Å². The van der Waals surface area contributed by atoms with E-state index in [0.717, 1.165) is 17.6 Å². The Hall–Kier alpha value is -2.82. The SMILES string of the molecule is COc1ccccc1CNC(=O)C(C)Oc1ccc(C=O)cc1. The molecule has 0 spiro atoms. The van der Waals surface area contributed by atoms with Crippen LogP contribution < -0.4 is 14.8 Å². The fourth-order valence-electron chi connectivity index (χ4n) is 2.06. The number of carbonyl (C=O) groups excluding carboxylic acids is 2. The molecule has 120 valence electrons. The topological polar surface area (TPSA) is 64.6 Å². The molecule has 1 N–H and O–H groups in total. The highest BCUT2D eigenvalue weighted by Gasteiger charge is 2.15. The van der Waals surface area contributed by atoms with Gasteiger partial charge in [-0.2, -0.15) is 0 Å². The van der Waals surface area contributed by atoms with Crippen LogP contribution in [0.25, 0.3) is 0 Å². The van der Waals surface area contributed by atoms with Crippen LogP contribution in [0.1, 0.15) is 22.8 Å². The van der Waals surface area contributed by atoms with Gasteiger partial charge in [-0.1, -0.05) is 18.2 Å². The molecule has 0 saturated carbocycles. The lowest BCUT2D eigenvalue weighted by Gasteiger charge is -2.15. The summed E-state index contributed by atoms with van der Waals surface area (Å²) in [4.78, 5) is 22.7. The number of hydrogen-bond acceptors (Lipinski definition) is 4. The van der Waals surface area contributed by atoms with Crippen molar-refractivity contribution >= 4 is 12.2 Å². The molecule has 1 unspecified atom stereocenters. The average Bonchev–Trinajstić information content (AvgIpc) is 2.60. The lowest BCUT2D eigenvalue weighted by molar-refractivity contribution is -0.127. The van der Waals surface area contributed by atoms with Crippen molar-refractivity contribution in [3.63, 3.8) is 0 Å². The smallest absolute Gasteiger partial charge is 0.261 e. The monoisotopic (exact) mass is 313 g/mol. The summed E-state index contributed by atoms with van der Waals surface area (Å²) >= 11 is 0. The van der Waals surface area contributed by atoms with Crippen molar-refractivity contribution in [2.75, 3.05) is 7.11 Å². The second-order valence-corrected chi connectivity index (χ2v) is 4.98. The van der Waals surface area contributed by atoms with Gasteiger partial charge >= 0.3 is 0 Å². The van der Waals surface area contributed by atoms with Gasteiger partial charge in [0.05, 0.1) is 7.11 Å². The van der Waals surface area contributed by atoms with Crippen LogP contribution in [-0.2, 0) is 11.3 Å². The van der Waals surface area contributed by atoms with Gasteiger partial charge in [0.1, 0.15) is 17.8 Å². The van der Waals surface area contributed by atoms with E-state index in [1.165, 1.54) is 0 Å². The highest BCUT2D eigenvalue weighted by Crippen LogP contribution is 2.17. The van der Waals surface area contributed by atoms with E-state index < -0.39 is 6.10 Å². The molecule has 0 aliphatic carbocycles. The van der Waals surface area contributed by atoms with E-state index >= 15 is 0 Å². The maximum atomic E-state index is 12.1. The van der Waals surface area contributed by atoms with Crippen LogP contribution in [0.15, 0.2) is 48.5 Å². The van der Waals surface area contributed by atoms with E-state index in [1.807, 2.05) is 24.3 Å². The van der Waals surface area contributed by atoms with Crippen LogP contribution in [0, 0.1) is 0 Å². The van der Waals surface area contributed by atoms with E-state index in [4.69, 9.17) is 9.47 Å². The fourth-order valence-corrected chi connectivity index (χ4v) is 2.06. The molecule has 2 aromatic rings. The van der Waals surface area contributed by atoms with Gasteiger partial charge in [0.15, 0.2) is 6.10 Å². The zero-order valence-corrected chi connectivity index (χ0v) is 13.1. The van der Waals surface area contributed by atoms with Gasteiger partial charge in [-0.05, 0) is 37.3 Å². The minimum Gasteiger partial charge on any atom is -0.496 e. The standard InChI is InChI=1S/C18H19NO4/c1-13(23-16-9-7-14(12-20)8-10-16)18(21)19-11-15-5-3-4-6-17(15)22-2/h3-10,12-13H,11H2,1-2H3,(H,19,21). The number of methoxy groups -OCH3 is 1. The zero-order valence-electron chi connectivity index (χ0n) is 13.1. The molecule has 5 nitrogen and oxygen atoms in total. The van der Waals surface area contributed by atoms with Crippen LogP contribution in [0.4, 0.5) is 0 Å². The Kier molecular flexibility index (Phi) is 5.74. The molecule has 0 aliphatic heterocycles. The summed E-state index contributed by atoms with van der Waals surface area (Å²) in [5.74, 6) is 1.04. The lowest BCUT2D eigenvalue weighted by Crippen LogP contribution is -2.35. The molecular weight excluding hydrogens is 294 g/mol. The largest absolute Gasteiger partial charge is 0.496 e. The molecule has 2 rings (SSSR count). The Morgan fingerprint density at radius 3 is 2.52 bits per heavy atom. The van der Waals surface area contributed by atoms with Crippen molar-refractivity contribution in [1.29, 1.82) is 0 Å². The Balaban J connectivity index is 1.90. The molecule has 5 heteroatoms. The highest BCUT2D eigenvalue weighted by atomic mass is 16.5. The van der Waals surface area contributed by atoms with Gasteiger partial charge in [-0.3, -0.25) is 9.59 Å². The van der Waals surface area contributed by atoms with E-state index in [1.54, 1.807) is 38.3 Å². The van der Waals surface area contributed by atoms with Crippen molar-refractivity contribution in [2.45, 2.75) is 19.6 Å². The molecule has 0 radical (unpaired) electrons. The van der Waals surface area contributed by atoms with Crippen LogP contribution in [-0.4, -0.2) is 25.4 Å². The number of rotatable bonds is 7. The predicted molar refractivity (Wildman–Crippen MR) is 86.8 cm³/mol. The van der Waals surface area contributed by atoms with Crippen molar-refractivity contribution in [2.24, 2.45) is 0 Å². The summed E-state index contributed by atoms with van der Waals surface area (Å²) < 4.78 is 10.8. The first kappa shape index (κ1) is 16.5. The number of hydrogen-bond donors (Lipinski definition) is 1. The Labute approximate surface area is 135 Å². The predicted octanol–water partition coefficient (Wildman–Crippen LogP) is 2.59. The number of para-hydroxylation sites is 1. The molecule has 23 heavy (non-hydrogen) atoms. The number of benzene rings is 2. The maximum absolute atomic E-state index is 12.1. The van der Waals surface area contributed by atoms with Crippen LogP contribution in [0.3, 0.4) is 0 Å². The molecular formula is C18H19NO4. The van der Waals surface area contributed by atoms with E-state index in [-0.39, 0.29) is 5.91 Å². The summed E-state index contributed by atoms with van der Waals surface area (Å²) in [5, 5.41) is 2.82. The molecule has 0 bridgehead atoms. The molecule has 0 fully saturated rings. The van der Waals surface area contributed by atoms with Crippen molar-refractivity contribution in [1.82, 2.24) is 5.32 Å². The lowest BCUT2D eigenvalue weighted by atomic mass is 10.2. The highest BCUT2D eigenvalue weighted by molar-refractivity contribution is 5.80. The van der Waals surface area contributed by atoms with Gasteiger partial charge in [-0.25, -0.2) is 0 Å². The molecule has 0 aromatic heterocycles. The Bertz CT molecular complexity index is 667. The summed E-state index contributed by atoms with van der Waals surface area (Å²) in [6.07, 6.45) is 0.111. The second-order valence-electron chi connectivity index (χ2n) is 4.98. The first-order valence-electron chi connectivity index (χ1n) is 7.25. The fraction of sp³-hybridized carbons (Fsp3) is 0.222. The quantitative estimate of drug-likeness (QED) is 0.798. The Morgan fingerprint density at radius 2 is 1.87 bits per heavy atom. The van der Waals surface area contributed by atoms with Gasteiger partial charge in [0.25, 0.3) is 5.91 Å². The number of aldehydes is 1. The van der Waals surface area contributed by atoms with Crippen LogP contribution >= 0.6 is 0 Å².